The zero-order valence-corrected chi connectivity index (χ0v) is 27.3. The maximum absolute atomic E-state index is 9.65. The van der Waals surface area contributed by atoms with E-state index in [4.69, 9.17) is 0 Å². The Balaban J connectivity index is 3.52. The van der Waals surface area contributed by atoms with Gasteiger partial charge in [-0.2, -0.15) is 0 Å². The molecule has 0 heterocycles. The molecule has 0 fully saturated rings. The molecule has 0 aromatic heterocycles. The summed E-state index contributed by atoms with van der Waals surface area (Å²) in [5.74, 6) is 3.90. The molecular formula is C35H74OS. The van der Waals surface area contributed by atoms with Crippen LogP contribution in [0.5, 0.6) is 0 Å². The average molecular weight is 543 g/mol. The monoisotopic (exact) mass is 543 g/mol. The zero-order valence-electron chi connectivity index (χ0n) is 26.5. The summed E-state index contributed by atoms with van der Waals surface area (Å²) in [6.45, 7) is 5.01. The van der Waals surface area contributed by atoms with Crippen LogP contribution in [0.4, 0.5) is 0 Å². The van der Waals surface area contributed by atoms with Crippen molar-refractivity contribution >= 4 is 10.0 Å². The Morgan fingerprint density at radius 2 is 0.541 bits per heavy atom. The first-order valence-corrected chi connectivity index (χ1v) is 20.1. The minimum atomic E-state index is -0.572. The van der Waals surface area contributed by atoms with Crippen molar-refractivity contribution in [3.8, 4) is 0 Å². The molecular weight excluding hydrogens is 468 g/mol. The molecule has 0 radical (unpaired) electrons. The molecule has 0 bridgehead atoms. The molecule has 0 atom stereocenters. The predicted molar refractivity (Wildman–Crippen MR) is 176 cm³/mol. The fourth-order valence-electron chi connectivity index (χ4n) is 5.82. The minimum absolute atomic E-state index is 0.406. The fraction of sp³-hybridized carbons (Fsp3) is 1.00. The predicted octanol–water partition coefficient (Wildman–Crippen LogP) is 12.4. The second-order valence-electron chi connectivity index (χ2n) is 12.5. The van der Waals surface area contributed by atoms with Crippen LogP contribution in [0.3, 0.4) is 0 Å². The highest BCUT2D eigenvalue weighted by molar-refractivity contribution is 8.33. The third-order valence-corrected chi connectivity index (χ3v) is 12.3. The van der Waals surface area contributed by atoms with Crippen molar-refractivity contribution in [2.24, 2.45) is 0 Å². The molecule has 0 aliphatic carbocycles. The van der Waals surface area contributed by atoms with E-state index in [0.717, 1.165) is 5.75 Å². The first kappa shape index (κ1) is 37.3. The Kier molecular flexibility index (Phi) is 31.1. The Labute approximate surface area is 238 Å². The molecule has 0 saturated carbocycles. The molecule has 0 aromatic carbocycles. The Bertz CT molecular complexity index is 378. The van der Waals surface area contributed by atoms with E-state index in [0.29, 0.717) is 6.61 Å². The van der Waals surface area contributed by atoms with E-state index in [2.05, 4.69) is 20.1 Å². The molecule has 2 heteroatoms. The lowest BCUT2D eigenvalue weighted by molar-refractivity contribution is 0.321. The number of aliphatic hydroxyl groups excluding tert-OH is 1. The molecule has 1 N–H and O–H groups in total. The number of aliphatic hydroxyl groups is 1. The molecule has 0 spiro atoms. The zero-order chi connectivity index (χ0) is 27.1. The average Bonchev–Trinajstić information content (AvgIpc) is 2.89. The molecule has 37 heavy (non-hydrogen) atoms. The van der Waals surface area contributed by atoms with Crippen LogP contribution < -0.4 is 0 Å². The molecule has 0 unspecified atom stereocenters. The topological polar surface area (TPSA) is 20.2 Å². The summed E-state index contributed by atoms with van der Waals surface area (Å²) >= 11 is 0. The number of rotatable bonds is 32. The Morgan fingerprint density at radius 3 is 0.757 bits per heavy atom. The van der Waals surface area contributed by atoms with Gasteiger partial charge in [0.2, 0.25) is 0 Å². The van der Waals surface area contributed by atoms with Gasteiger partial charge in [-0.25, -0.2) is 10.0 Å². The van der Waals surface area contributed by atoms with Gasteiger partial charge in [0.1, 0.15) is 0 Å². The van der Waals surface area contributed by atoms with Crippen LogP contribution in [-0.4, -0.2) is 35.2 Å². The summed E-state index contributed by atoms with van der Waals surface area (Å²) in [5.41, 5.74) is 0. The van der Waals surface area contributed by atoms with Crippen LogP contribution in [0.25, 0.3) is 0 Å². The highest BCUT2D eigenvalue weighted by atomic mass is 32.3. The normalized spacial score (nSPS) is 12.4. The molecule has 0 aliphatic heterocycles. The van der Waals surface area contributed by atoms with E-state index >= 15 is 0 Å². The van der Waals surface area contributed by atoms with Gasteiger partial charge >= 0.3 is 0 Å². The van der Waals surface area contributed by atoms with E-state index < -0.39 is 10.0 Å². The molecule has 226 valence electrons. The van der Waals surface area contributed by atoms with Crippen molar-refractivity contribution in [2.75, 3.05) is 30.1 Å². The number of unbranched alkanes of at least 4 members (excludes halogenated alkanes) is 26. The van der Waals surface area contributed by atoms with Gasteiger partial charge in [0.05, 0.1) is 6.61 Å². The van der Waals surface area contributed by atoms with Crippen molar-refractivity contribution in [1.82, 2.24) is 0 Å². The second kappa shape index (κ2) is 30.8. The summed E-state index contributed by atoms with van der Waals surface area (Å²) in [7, 11) is -0.572. The third kappa shape index (κ3) is 29.1. The lowest BCUT2D eigenvalue weighted by Crippen LogP contribution is -2.15. The van der Waals surface area contributed by atoms with E-state index in [1.54, 1.807) is 0 Å². The van der Waals surface area contributed by atoms with Crippen LogP contribution in [0.1, 0.15) is 194 Å². The quantitative estimate of drug-likeness (QED) is 0.0838. The molecule has 1 nitrogen and oxygen atoms in total. The van der Waals surface area contributed by atoms with Crippen molar-refractivity contribution in [3.05, 3.63) is 0 Å². The maximum atomic E-state index is 9.65. The first-order valence-electron chi connectivity index (χ1n) is 17.5. The standard InChI is InChI=1S/C35H74OS/c1-4-6-8-10-12-14-16-18-20-22-24-26-28-30-33-37(3,35-32-36)34-31-29-27-25-23-21-19-17-15-13-11-9-7-5-2/h36H,4-35H2,1-3H3. The van der Waals surface area contributed by atoms with Crippen LogP contribution in [0.2, 0.25) is 0 Å². The van der Waals surface area contributed by atoms with Crippen LogP contribution >= 0.6 is 10.0 Å². The number of hydrogen-bond acceptors (Lipinski definition) is 1. The third-order valence-electron chi connectivity index (χ3n) is 8.57. The highest BCUT2D eigenvalue weighted by Gasteiger charge is 2.16. The first-order chi connectivity index (χ1) is 18.2. The molecule has 0 aliphatic rings. The van der Waals surface area contributed by atoms with Gasteiger partial charge in [-0.05, 0) is 30.6 Å². The smallest absolute Gasteiger partial charge is 0.0507 e. The van der Waals surface area contributed by atoms with Gasteiger partial charge in [0.25, 0.3) is 0 Å². The van der Waals surface area contributed by atoms with Gasteiger partial charge in [-0.1, -0.05) is 181 Å². The van der Waals surface area contributed by atoms with E-state index in [-0.39, 0.29) is 0 Å². The minimum Gasteiger partial charge on any atom is -0.396 e. The van der Waals surface area contributed by atoms with Gasteiger partial charge in [-0.3, -0.25) is 0 Å². The van der Waals surface area contributed by atoms with Crippen LogP contribution in [-0.2, 0) is 0 Å². The van der Waals surface area contributed by atoms with Crippen molar-refractivity contribution in [2.45, 2.75) is 194 Å². The van der Waals surface area contributed by atoms with Gasteiger partial charge in [0.15, 0.2) is 0 Å². The van der Waals surface area contributed by atoms with Crippen molar-refractivity contribution in [3.63, 3.8) is 0 Å². The molecule has 0 amide bonds. The largest absolute Gasteiger partial charge is 0.396 e. The van der Waals surface area contributed by atoms with Crippen molar-refractivity contribution < 1.29 is 5.11 Å². The molecule has 0 aromatic rings. The second-order valence-corrected chi connectivity index (χ2v) is 16.7. The number of hydrogen-bond donors (Lipinski definition) is 1. The fourth-order valence-corrected chi connectivity index (χ4v) is 8.67. The summed E-state index contributed by atoms with van der Waals surface area (Å²) in [5, 5.41) is 9.65. The Morgan fingerprint density at radius 1 is 0.324 bits per heavy atom. The van der Waals surface area contributed by atoms with Crippen molar-refractivity contribution in [1.29, 1.82) is 0 Å². The van der Waals surface area contributed by atoms with Crippen LogP contribution in [0, 0.1) is 0 Å². The lowest BCUT2D eigenvalue weighted by Gasteiger charge is -2.36. The van der Waals surface area contributed by atoms with E-state index in [9.17, 15) is 5.11 Å². The van der Waals surface area contributed by atoms with E-state index in [1.807, 2.05) is 0 Å². The SMILES string of the molecule is CCCCCCCCCCCCCCCCS(C)(CCO)CCCCCCCCCCCCCCCC. The van der Waals surface area contributed by atoms with E-state index in [1.165, 1.54) is 191 Å². The summed E-state index contributed by atoms with van der Waals surface area (Å²) in [6, 6.07) is 0. The highest BCUT2D eigenvalue weighted by Crippen LogP contribution is 2.45. The summed E-state index contributed by atoms with van der Waals surface area (Å²) in [6.07, 6.45) is 42.9. The van der Waals surface area contributed by atoms with Crippen LogP contribution in [0.15, 0.2) is 0 Å². The lowest BCUT2D eigenvalue weighted by atomic mass is 10.0. The summed E-state index contributed by atoms with van der Waals surface area (Å²) < 4.78 is 0. The van der Waals surface area contributed by atoms with Gasteiger partial charge in [0, 0.05) is 5.75 Å². The summed E-state index contributed by atoms with van der Waals surface area (Å²) in [4.78, 5) is 0. The molecule has 0 rings (SSSR count). The van der Waals surface area contributed by atoms with Gasteiger partial charge < -0.3 is 5.11 Å². The molecule has 0 saturated heterocycles. The maximum Gasteiger partial charge on any atom is 0.0507 e. The Hall–Kier alpha value is 0.310. The van der Waals surface area contributed by atoms with Gasteiger partial charge in [-0.15, -0.1) is 0 Å².